The number of nitrogens with zero attached hydrogens (tertiary/aromatic N) is 5. The summed E-state index contributed by atoms with van der Waals surface area (Å²) in [6.07, 6.45) is 7.09. The molecule has 0 spiro atoms. The summed E-state index contributed by atoms with van der Waals surface area (Å²) in [5, 5.41) is 19.1. The van der Waals surface area contributed by atoms with Gasteiger partial charge in [-0.3, -0.25) is 0 Å². The van der Waals surface area contributed by atoms with Crippen molar-refractivity contribution in [1.82, 2.24) is 20.2 Å². The molecule has 4 rings (SSSR count). The number of halogens is 2. The van der Waals surface area contributed by atoms with Crippen molar-refractivity contribution in [2.24, 2.45) is 5.41 Å². The average Bonchev–Trinajstić information content (AvgIpc) is 3.02. The van der Waals surface area contributed by atoms with E-state index in [0.29, 0.717) is 16.9 Å². The Hall–Kier alpha value is -3.36. The Morgan fingerprint density at radius 1 is 1.14 bits per heavy atom. The number of rotatable bonds is 7. The first-order valence-corrected chi connectivity index (χ1v) is 12.4. The number of pyridine rings is 1. The van der Waals surface area contributed by atoms with Crippen LogP contribution in [0.2, 0.25) is 0 Å². The van der Waals surface area contributed by atoms with Crippen LogP contribution in [0.3, 0.4) is 0 Å². The zero-order valence-electron chi connectivity index (χ0n) is 21.2. The van der Waals surface area contributed by atoms with Crippen LogP contribution in [-0.2, 0) is 0 Å². The van der Waals surface area contributed by atoms with Crippen LogP contribution in [-0.4, -0.2) is 51.6 Å². The van der Waals surface area contributed by atoms with E-state index in [1.54, 1.807) is 18.3 Å². The highest BCUT2D eigenvalue weighted by atomic mass is 19.1. The van der Waals surface area contributed by atoms with Gasteiger partial charge in [-0.2, -0.15) is 0 Å². The molecular formula is C27H33F2N5O2. The first kappa shape index (κ1) is 25.7. The molecule has 192 valence electrons. The fourth-order valence-electron chi connectivity index (χ4n) is 5.22. The van der Waals surface area contributed by atoms with Gasteiger partial charge >= 0.3 is 0 Å². The molecule has 0 saturated heterocycles. The van der Waals surface area contributed by atoms with Crippen molar-refractivity contribution in [3.05, 3.63) is 42.5 Å². The largest absolute Gasteiger partial charge is 0.507 e. The number of methoxy groups -OCH3 is 1. The van der Waals surface area contributed by atoms with Gasteiger partial charge in [-0.05, 0) is 37.0 Å². The van der Waals surface area contributed by atoms with Crippen molar-refractivity contribution in [1.29, 1.82) is 0 Å². The Bertz CT molecular complexity index is 1190. The molecule has 9 heteroatoms. The van der Waals surface area contributed by atoms with E-state index in [9.17, 15) is 9.50 Å². The highest BCUT2D eigenvalue weighted by molar-refractivity contribution is 5.73. The summed E-state index contributed by atoms with van der Waals surface area (Å²) in [4.78, 5) is 10.1. The van der Waals surface area contributed by atoms with Crippen LogP contribution in [0.5, 0.6) is 11.6 Å². The first-order chi connectivity index (χ1) is 17.3. The normalized spacial score (nSPS) is 22.2. The lowest BCUT2D eigenvalue weighted by molar-refractivity contribution is 0.0868. The van der Waals surface area contributed by atoms with E-state index in [2.05, 4.69) is 34.0 Å². The molecule has 36 heavy (non-hydrogen) atoms. The van der Waals surface area contributed by atoms with Gasteiger partial charge in [0.25, 0.3) is 0 Å². The standard InChI is InChI=1S/C27H33F2N5O2/c1-5-11-27(2)12-7-6-8-21(25(27)29)34(3)23-16-31-26(33-32-23)18-10-9-17(13-22(18)35)19-14-24(36-4)30-15-20(19)28/h9-10,13-16,21,25,35H,5-8,11-12H2,1-4H3/t21-,25-,27+/m0/s1. The third-order valence-electron chi connectivity index (χ3n) is 7.32. The number of aromatic nitrogens is 4. The Morgan fingerprint density at radius 2 is 1.94 bits per heavy atom. The molecule has 3 atom stereocenters. The fraction of sp³-hybridized carbons (Fsp3) is 0.481. The third-order valence-corrected chi connectivity index (χ3v) is 7.32. The molecule has 7 nitrogen and oxygen atoms in total. The highest BCUT2D eigenvalue weighted by Gasteiger charge is 2.42. The van der Waals surface area contributed by atoms with Crippen molar-refractivity contribution in [3.63, 3.8) is 0 Å². The molecule has 0 radical (unpaired) electrons. The van der Waals surface area contributed by atoms with E-state index in [1.807, 2.05) is 11.9 Å². The van der Waals surface area contributed by atoms with Crippen LogP contribution in [0.4, 0.5) is 14.6 Å². The van der Waals surface area contributed by atoms with Gasteiger partial charge in [-0.15, -0.1) is 10.2 Å². The number of aromatic hydroxyl groups is 1. The van der Waals surface area contributed by atoms with E-state index in [0.717, 1.165) is 44.7 Å². The minimum atomic E-state index is -0.977. The van der Waals surface area contributed by atoms with Gasteiger partial charge < -0.3 is 14.7 Å². The van der Waals surface area contributed by atoms with Crippen molar-refractivity contribution < 1.29 is 18.6 Å². The summed E-state index contributed by atoms with van der Waals surface area (Å²) in [6, 6.07) is 5.86. The molecule has 0 aliphatic heterocycles. The van der Waals surface area contributed by atoms with Gasteiger partial charge in [0.15, 0.2) is 11.6 Å². The maximum Gasteiger partial charge on any atom is 0.213 e. The molecule has 0 amide bonds. The van der Waals surface area contributed by atoms with Gasteiger partial charge in [-0.25, -0.2) is 18.7 Å². The van der Waals surface area contributed by atoms with Crippen LogP contribution in [0, 0.1) is 11.2 Å². The van der Waals surface area contributed by atoms with E-state index < -0.39 is 12.0 Å². The summed E-state index contributed by atoms with van der Waals surface area (Å²) in [6.45, 7) is 4.16. The van der Waals surface area contributed by atoms with Crippen molar-refractivity contribution >= 4 is 5.82 Å². The average molecular weight is 498 g/mol. The van der Waals surface area contributed by atoms with Crippen LogP contribution in [0.15, 0.2) is 36.7 Å². The number of anilines is 1. The second kappa shape index (κ2) is 10.7. The van der Waals surface area contributed by atoms with Crippen molar-refractivity contribution in [2.75, 3.05) is 19.1 Å². The molecule has 0 unspecified atom stereocenters. The Morgan fingerprint density at radius 3 is 2.61 bits per heavy atom. The van der Waals surface area contributed by atoms with E-state index in [-0.39, 0.29) is 34.5 Å². The van der Waals surface area contributed by atoms with Crippen molar-refractivity contribution in [2.45, 2.75) is 64.6 Å². The quantitative estimate of drug-likeness (QED) is 0.402. The third kappa shape index (κ3) is 5.10. The molecule has 1 aliphatic carbocycles. The second-order valence-corrected chi connectivity index (χ2v) is 9.81. The summed E-state index contributed by atoms with van der Waals surface area (Å²) in [5.74, 6) is 0.314. The minimum Gasteiger partial charge on any atom is -0.507 e. The molecule has 3 aromatic rings. The maximum atomic E-state index is 15.7. The summed E-state index contributed by atoms with van der Waals surface area (Å²) in [5.41, 5.74) is 0.710. The first-order valence-electron chi connectivity index (χ1n) is 12.4. The van der Waals surface area contributed by atoms with E-state index in [4.69, 9.17) is 4.74 Å². The Labute approximate surface area is 210 Å². The second-order valence-electron chi connectivity index (χ2n) is 9.81. The van der Waals surface area contributed by atoms with Gasteiger partial charge in [0.1, 0.15) is 17.7 Å². The van der Waals surface area contributed by atoms with Gasteiger partial charge in [0.05, 0.1) is 31.1 Å². The maximum absolute atomic E-state index is 15.7. The predicted octanol–water partition coefficient (Wildman–Crippen LogP) is 5.98. The smallest absolute Gasteiger partial charge is 0.213 e. The Balaban J connectivity index is 1.56. The topological polar surface area (TPSA) is 84.3 Å². The molecule has 1 fully saturated rings. The van der Waals surface area contributed by atoms with Gasteiger partial charge in [0.2, 0.25) is 5.88 Å². The number of phenols is 1. The van der Waals surface area contributed by atoms with Gasteiger partial charge in [-0.1, -0.05) is 39.2 Å². The zero-order valence-corrected chi connectivity index (χ0v) is 21.2. The van der Waals surface area contributed by atoms with Gasteiger partial charge in [0, 0.05) is 24.1 Å². The number of hydrogen-bond acceptors (Lipinski definition) is 7. The van der Waals surface area contributed by atoms with E-state index in [1.165, 1.54) is 19.2 Å². The SMILES string of the molecule is CCC[C@]1(C)CCCC[C@H](N(C)c2cnc(-c3ccc(-c4cc(OC)ncc4F)cc3O)nn2)[C@@H]1F. The molecule has 1 saturated carbocycles. The predicted molar refractivity (Wildman–Crippen MR) is 135 cm³/mol. The minimum absolute atomic E-state index is 0.117. The Kier molecular flexibility index (Phi) is 7.66. The van der Waals surface area contributed by atoms with Crippen molar-refractivity contribution in [3.8, 4) is 34.1 Å². The molecule has 1 N–H and O–H groups in total. The number of alkyl halides is 1. The lowest BCUT2D eigenvalue weighted by atomic mass is 9.76. The molecule has 0 bridgehead atoms. The fourth-order valence-corrected chi connectivity index (χ4v) is 5.22. The van der Waals surface area contributed by atoms with E-state index >= 15 is 4.39 Å². The lowest BCUT2D eigenvalue weighted by Gasteiger charge is -2.39. The lowest BCUT2D eigenvalue weighted by Crippen LogP contribution is -2.46. The van der Waals surface area contributed by atoms with Crippen LogP contribution in [0.1, 0.15) is 52.4 Å². The number of ether oxygens (including phenoxy) is 1. The molecule has 1 aliphatic rings. The molecular weight excluding hydrogens is 464 g/mol. The zero-order chi connectivity index (χ0) is 25.9. The summed E-state index contributed by atoms with van der Waals surface area (Å²) in [7, 11) is 3.29. The molecule has 2 heterocycles. The number of benzene rings is 1. The number of phenolic OH excluding ortho intramolecular Hbond substituents is 1. The number of hydrogen-bond donors (Lipinski definition) is 1. The summed E-state index contributed by atoms with van der Waals surface area (Å²) >= 11 is 0. The van der Waals surface area contributed by atoms with Crippen LogP contribution >= 0.6 is 0 Å². The molecule has 1 aromatic carbocycles. The molecule has 2 aromatic heterocycles. The monoisotopic (exact) mass is 497 g/mol. The van der Waals surface area contributed by atoms with Crippen LogP contribution < -0.4 is 9.64 Å². The van der Waals surface area contributed by atoms with Crippen LogP contribution in [0.25, 0.3) is 22.5 Å². The highest BCUT2D eigenvalue weighted by Crippen LogP contribution is 2.42. The summed E-state index contributed by atoms with van der Waals surface area (Å²) < 4.78 is 35.1.